The minimum atomic E-state index is -0.203. The summed E-state index contributed by atoms with van der Waals surface area (Å²) in [5.74, 6) is 0.493. The zero-order valence-corrected chi connectivity index (χ0v) is 18.8. The Morgan fingerprint density at radius 1 is 0.559 bits per heavy atom. The minimum Gasteiger partial charge on any atom is -0.507 e. The molecule has 6 heteroatoms. The predicted octanol–water partition coefficient (Wildman–Crippen LogP) is 5.26. The van der Waals surface area contributed by atoms with Crippen LogP contribution in [-0.2, 0) is 0 Å². The maximum absolute atomic E-state index is 12.1. The van der Waals surface area contributed by atoms with Crippen LogP contribution in [0.15, 0.2) is 97.1 Å². The second kappa shape index (κ2) is 11.3. The summed E-state index contributed by atoms with van der Waals surface area (Å²) in [6.07, 6.45) is 0. The highest BCUT2D eigenvalue weighted by molar-refractivity contribution is 6.11. The molecule has 0 saturated heterocycles. The van der Waals surface area contributed by atoms with E-state index in [1.165, 1.54) is 26.4 Å². The van der Waals surface area contributed by atoms with Crippen LogP contribution in [0.4, 0.5) is 0 Å². The predicted molar refractivity (Wildman–Crippen MR) is 129 cm³/mol. The molecule has 0 amide bonds. The van der Waals surface area contributed by atoms with Crippen molar-refractivity contribution < 1.29 is 29.3 Å². The van der Waals surface area contributed by atoms with Crippen molar-refractivity contribution in [3.63, 3.8) is 0 Å². The van der Waals surface area contributed by atoms with Crippen molar-refractivity contribution in [2.75, 3.05) is 14.2 Å². The summed E-state index contributed by atoms with van der Waals surface area (Å²) < 4.78 is 9.93. The quantitative estimate of drug-likeness (QED) is 0.384. The second-order valence-corrected chi connectivity index (χ2v) is 7.16. The van der Waals surface area contributed by atoms with Crippen molar-refractivity contribution in [1.29, 1.82) is 0 Å². The minimum absolute atomic E-state index is 0.0711. The van der Waals surface area contributed by atoms with Crippen LogP contribution in [0.5, 0.6) is 23.0 Å². The standard InChI is InChI=1S/2C14H12O3/c2*1-17-11-7-8-12(13(15)9-11)14(16)10-5-3-2-4-6-10/h2*2-9,15H,1H3. The van der Waals surface area contributed by atoms with Gasteiger partial charge in [-0.1, -0.05) is 60.7 Å². The normalized spacial score (nSPS) is 9.94. The largest absolute Gasteiger partial charge is 0.507 e. The summed E-state index contributed by atoms with van der Waals surface area (Å²) in [5, 5.41) is 19.5. The smallest absolute Gasteiger partial charge is 0.196 e. The maximum atomic E-state index is 12.1. The van der Waals surface area contributed by atoms with Crippen molar-refractivity contribution in [2.45, 2.75) is 0 Å². The van der Waals surface area contributed by atoms with E-state index in [2.05, 4.69) is 0 Å². The van der Waals surface area contributed by atoms with Crippen molar-refractivity contribution in [2.24, 2.45) is 0 Å². The van der Waals surface area contributed by atoms with E-state index in [0.29, 0.717) is 22.6 Å². The lowest BCUT2D eigenvalue weighted by atomic mass is 10.0. The van der Waals surface area contributed by atoms with Gasteiger partial charge in [0.2, 0.25) is 0 Å². The number of hydrogen-bond donors (Lipinski definition) is 2. The first-order valence-electron chi connectivity index (χ1n) is 10.4. The molecule has 4 rings (SSSR count). The maximum Gasteiger partial charge on any atom is 0.196 e. The molecule has 0 saturated carbocycles. The molecule has 4 aromatic rings. The Morgan fingerprint density at radius 3 is 1.21 bits per heavy atom. The number of carbonyl (C=O) groups is 2. The SMILES string of the molecule is COc1ccc(C(=O)c2ccccc2)c(O)c1.COc1ccc(C(=O)c2ccccc2)c(O)c1. The van der Waals surface area contributed by atoms with Gasteiger partial charge in [-0.2, -0.15) is 0 Å². The van der Waals surface area contributed by atoms with Crippen molar-refractivity contribution in [1.82, 2.24) is 0 Å². The van der Waals surface area contributed by atoms with Gasteiger partial charge in [0.1, 0.15) is 23.0 Å². The van der Waals surface area contributed by atoms with E-state index >= 15 is 0 Å². The number of phenolic OH excluding ortho intramolecular Hbond substituents is 2. The highest BCUT2D eigenvalue weighted by Crippen LogP contribution is 2.26. The number of rotatable bonds is 6. The van der Waals surface area contributed by atoms with E-state index in [9.17, 15) is 19.8 Å². The highest BCUT2D eigenvalue weighted by Gasteiger charge is 2.14. The number of hydrogen-bond acceptors (Lipinski definition) is 6. The Bertz CT molecular complexity index is 1170. The first kappa shape index (κ1) is 24.1. The monoisotopic (exact) mass is 456 g/mol. The van der Waals surface area contributed by atoms with Crippen molar-refractivity contribution >= 4 is 11.6 Å². The van der Waals surface area contributed by atoms with Crippen LogP contribution < -0.4 is 9.47 Å². The summed E-state index contributed by atoms with van der Waals surface area (Å²) >= 11 is 0. The van der Waals surface area contributed by atoms with Crippen LogP contribution in [0, 0.1) is 0 Å². The van der Waals surface area contributed by atoms with E-state index in [-0.39, 0.29) is 34.2 Å². The molecule has 0 fully saturated rings. The molecule has 4 aromatic carbocycles. The van der Waals surface area contributed by atoms with Crippen LogP contribution in [-0.4, -0.2) is 36.0 Å². The number of carbonyl (C=O) groups excluding carboxylic acids is 2. The summed E-state index contributed by atoms with van der Waals surface area (Å²) in [6, 6.07) is 26.9. The average molecular weight is 456 g/mol. The molecule has 0 spiro atoms. The van der Waals surface area contributed by atoms with E-state index in [4.69, 9.17) is 9.47 Å². The molecule has 0 bridgehead atoms. The zero-order valence-electron chi connectivity index (χ0n) is 18.8. The highest BCUT2D eigenvalue weighted by atomic mass is 16.5. The number of aromatic hydroxyl groups is 2. The van der Waals surface area contributed by atoms with Gasteiger partial charge in [-0.15, -0.1) is 0 Å². The molecule has 0 aliphatic carbocycles. The van der Waals surface area contributed by atoms with Crippen LogP contribution >= 0.6 is 0 Å². The van der Waals surface area contributed by atoms with Crippen LogP contribution in [0.1, 0.15) is 31.8 Å². The van der Waals surface area contributed by atoms with Gasteiger partial charge in [0.05, 0.1) is 25.3 Å². The Kier molecular flexibility index (Phi) is 8.02. The molecule has 0 atom stereocenters. The van der Waals surface area contributed by atoms with Gasteiger partial charge in [-0.05, 0) is 24.3 Å². The van der Waals surface area contributed by atoms with Crippen molar-refractivity contribution in [3.05, 3.63) is 119 Å². The van der Waals surface area contributed by atoms with Gasteiger partial charge >= 0.3 is 0 Å². The summed E-state index contributed by atoms with van der Waals surface area (Å²) in [7, 11) is 3.01. The van der Waals surface area contributed by atoms with Gasteiger partial charge in [-0.3, -0.25) is 9.59 Å². The second-order valence-electron chi connectivity index (χ2n) is 7.16. The lowest BCUT2D eigenvalue weighted by molar-refractivity contribution is 0.102. The molecular weight excluding hydrogens is 432 g/mol. The van der Waals surface area contributed by atoms with E-state index in [0.717, 1.165) is 0 Å². The van der Waals surface area contributed by atoms with Crippen LogP contribution in [0.2, 0.25) is 0 Å². The Hall–Kier alpha value is -4.58. The number of ether oxygens (including phenoxy) is 2. The average Bonchev–Trinajstić information content (AvgIpc) is 2.89. The number of phenols is 2. The third-order valence-electron chi connectivity index (χ3n) is 4.97. The fourth-order valence-corrected chi connectivity index (χ4v) is 3.15. The number of benzene rings is 4. The van der Waals surface area contributed by atoms with Gasteiger partial charge in [0, 0.05) is 23.3 Å². The summed E-state index contributed by atoms with van der Waals surface area (Å²) in [4.78, 5) is 24.1. The molecule has 6 nitrogen and oxygen atoms in total. The third kappa shape index (κ3) is 5.81. The van der Waals surface area contributed by atoms with Gasteiger partial charge in [0.15, 0.2) is 11.6 Å². The Morgan fingerprint density at radius 2 is 0.912 bits per heavy atom. The molecule has 2 N–H and O–H groups in total. The molecule has 34 heavy (non-hydrogen) atoms. The molecular formula is C28H24O6. The van der Waals surface area contributed by atoms with Crippen molar-refractivity contribution in [3.8, 4) is 23.0 Å². The fourth-order valence-electron chi connectivity index (χ4n) is 3.15. The molecule has 0 heterocycles. The topological polar surface area (TPSA) is 93.1 Å². The van der Waals surface area contributed by atoms with E-state index in [1.54, 1.807) is 72.8 Å². The lowest BCUT2D eigenvalue weighted by Crippen LogP contribution is -2.01. The lowest BCUT2D eigenvalue weighted by Gasteiger charge is -2.06. The molecule has 0 radical (unpaired) electrons. The summed E-state index contributed by atoms with van der Waals surface area (Å²) in [6.45, 7) is 0. The molecule has 0 aliphatic heterocycles. The molecule has 0 unspecified atom stereocenters. The number of ketones is 2. The van der Waals surface area contributed by atoms with Crippen LogP contribution in [0.3, 0.4) is 0 Å². The fraction of sp³-hybridized carbons (Fsp3) is 0.0714. The Labute approximate surface area is 197 Å². The van der Waals surface area contributed by atoms with Gasteiger partial charge in [0.25, 0.3) is 0 Å². The summed E-state index contributed by atoms with van der Waals surface area (Å²) in [5.41, 5.74) is 1.65. The number of methoxy groups -OCH3 is 2. The molecule has 172 valence electrons. The van der Waals surface area contributed by atoms with Crippen LogP contribution in [0.25, 0.3) is 0 Å². The van der Waals surface area contributed by atoms with E-state index in [1.807, 2.05) is 12.1 Å². The third-order valence-corrected chi connectivity index (χ3v) is 4.97. The Balaban J connectivity index is 0.000000191. The zero-order chi connectivity index (χ0) is 24.5. The first-order valence-corrected chi connectivity index (χ1v) is 10.4. The molecule has 0 aliphatic rings. The van der Waals surface area contributed by atoms with Gasteiger partial charge < -0.3 is 19.7 Å². The first-order chi connectivity index (χ1) is 16.4. The van der Waals surface area contributed by atoms with Gasteiger partial charge in [-0.25, -0.2) is 0 Å². The van der Waals surface area contributed by atoms with E-state index < -0.39 is 0 Å². The molecule has 0 aromatic heterocycles.